The van der Waals surface area contributed by atoms with Crippen LogP contribution in [0.5, 0.6) is 5.75 Å². The van der Waals surface area contributed by atoms with Crippen LogP contribution in [0, 0.1) is 6.92 Å². The van der Waals surface area contributed by atoms with E-state index in [2.05, 4.69) is 5.32 Å². The van der Waals surface area contributed by atoms with Gasteiger partial charge in [-0.25, -0.2) is 8.42 Å². The fourth-order valence-corrected chi connectivity index (χ4v) is 6.66. The molecule has 1 aromatic heterocycles. The van der Waals surface area contributed by atoms with Crippen LogP contribution in [0.15, 0.2) is 87.4 Å². The van der Waals surface area contributed by atoms with Gasteiger partial charge in [0.25, 0.3) is 0 Å². The zero-order valence-electron chi connectivity index (χ0n) is 20.4. The van der Waals surface area contributed by atoms with E-state index in [9.17, 15) is 13.2 Å². The molecule has 2 bridgehead atoms. The van der Waals surface area contributed by atoms with E-state index in [0.29, 0.717) is 29.9 Å². The number of nitrogens with one attached hydrogen (secondary N) is 1. The van der Waals surface area contributed by atoms with E-state index < -0.39 is 15.2 Å². The van der Waals surface area contributed by atoms with E-state index in [-0.39, 0.29) is 16.3 Å². The van der Waals surface area contributed by atoms with E-state index in [1.165, 1.54) is 0 Å². The number of ether oxygens (including phenoxy) is 1. The lowest BCUT2D eigenvalue weighted by atomic mass is 9.96. The number of sulfone groups is 1. The highest BCUT2D eigenvalue weighted by Gasteiger charge is 2.39. The van der Waals surface area contributed by atoms with Crippen LogP contribution in [0.4, 0.5) is 0 Å². The lowest BCUT2D eigenvalue weighted by Crippen LogP contribution is -2.41. The van der Waals surface area contributed by atoms with Gasteiger partial charge in [0, 0.05) is 22.3 Å². The standard InChI is InChI=1S/C29H29NO5S/c1-19-7-6-8-22(17-19)36(32,33)29-26-18-25(24(27(26)31)9-4-3-5-15-30-29)28-23(14-16-35-28)20-10-12-21(34-2)13-11-20/h6-8,10-14,16-18,29-30H,3-5,9,15H2,1-2H3. The molecule has 2 aliphatic rings. The molecule has 1 N–H and O–H groups in total. The summed E-state index contributed by atoms with van der Waals surface area (Å²) in [5, 5.41) is 2.05. The third-order valence-electron chi connectivity index (χ3n) is 6.82. The highest BCUT2D eigenvalue weighted by Crippen LogP contribution is 2.41. The molecule has 1 fully saturated rings. The van der Waals surface area contributed by atoms with Gasteiger partial charge in [0.1, 0.15) is 16.9 Å². The van der Waals surface area contributed by atoms with Crippen molar-refractivity contribution in [1.29, 1.82) is 0 Å². The van der Waals surface area contributed by atoms with Gasteiger partial charge >= 0.3 is 0 Å². The van der Waals surface area contributed by atoms with Crippen LogP contribution >= 0.6 is 0 Å². The zero-order valence-corrected chi connectivity index (χ0v) is 21.2. The van der Waals surface area contributed by atoms with Gasteiger partial charge < -0.3 is 9.15 Å². The van der Waals surface area contributed by atoms with E-state index >= 15 is 0 Å². The van der Waals surface area contributed by atoms with Gasteiger partial charge in [-0.3, -0.25) is 10.1 Å². The van der Waals surface area contributed by atoms with Crippen LogP contribution in [0.2, 0.25) is 0 Å². The minimum atomic E-state index is -3.85. The number of rotatable bonds is 5. The molecule has 2 heterocycles. The monoisotopic (exact) mass is 503 g/mol. The van der Waals surface area contributed by atoms with Crippen molar-refractivity contribution in [3.63, 3.8) is 0 Å². The average Bonchev–Trinajstić information content (AvgIpc) is 3.47. The normalized spacial score (nSPS) is 18.8. The van der Waals surface area contributed by atoms with Crippen molar-refractivity contribution >= 4 is 21.2 Å². The van der Waals surface area contributed by atoms with Crippen molar-refractivity contribution in [2.45, 2.75) is 42.9 Å². The Bertz CT molecular complexity index is 1460. The van der Waals surface area contributed by atoms with Gasteiger partial charge in [0.05, 0.1) is 18.3 Å². The summed E-state index contributed by atoms with van der Waals surface area (Å²) in [5.41, 5.74) is 4.15. The van der Waals surface area contributed by atoms with Crippen LogP contribution in [-0.4, -0.2) is 33.2 Å². The molecule has 0 amide bonds. The van der Waals surface area contributed by atoms with Crippen molar-refractivity contribution in [1.82, 2.24) is 5.32 Å². The quantitative estimate of drug-likeness (QED) is 0.496. The number of ketones is 1. The first-order valence-electron chi connectivity index (χ1n) is 12.2. The molecule has 7 heteroatoms. The summed E-state index contributed by atoms with van der Waals surface area (Å²) in [7, 11) is -2.23. The number of hydrogen-bond acceptors (Lipinski definition) is 6. The van der Waals surface area contributed by atoms with Crippen molar-refractivity contribution in [2.24, 2.45) is 0 Å². The first-order valence-corrected chi connectivity index (χ1v) is 13.7. The molecule has 5 rings (SSSR count). The van der Waals surface area contributed by atoms with Gasteiger partial charge in [-0.1, -0.05) is 30.7 Å². The maximum atomic E-state index is 13.8. The zero-order chi connectivity index (χ0) is 25.3. The number of benzene rings is 2. The molecule has 1 aliphatic carbocycles. The molecule has 0 saturated carbocycles. The van der Waals surface area contributed by atoms with Crippen LogP contribution in [0.1, 0.15) is 37.0 Å². The molecule has 1 aliphatic heterocycles. The lowest BCUT2D eigenvalue weighted by Gasteiger charge is -2.22. The van der Waals surface area contributed by atoms with Gasteiger partial charge in [-0.15, -0.1) is 0 Å². The Hall–Kier alpha value is -3.42. The van der Waals surface area contributed by atoms with Crippen LogP contribution < -0.4 is 10.1 Å². The summed E-state index contributed by atoms with van der Waals surface area (Å²) < 4.78 is 38.7. The van der Waals surface area contributed by atoms with Crippen molar-refractivity contribution in [3.8, 4) is 16.9 Å². The average molecular weight is 504 g/mol. The van der Waals surface area contributed by atoms with Gasteiger partial charge in [0.2, 0.25) is 0 Å². The third-order valence-corrected chi connectivity index (χ3v) is 8.77. The summed E-state index contributed by atoms with van der Waals surface area (Å²) >= 11 is 0. The van der Waals surface area contributed by atoms with Crippen molar-refractivity contribution in [2.75, 3.05) is 13.7 Å². The smallest absolute Gasteiger partial charge is 0.198 e. The number of fused-ring (bicyclic) bond motifs is 2. The fourth-order valence-electron chi connectivity index (χ4n) is 4.92. The maximum Gasteiger partial charge on any atom is 0.198 e. The number of aryl methyl sites for hydroxylation is 1. The number of Topliss-reactive ketones (excluding diaryl/α,β-unsaturated/α-hetero) is 1. The minimum absolute atomic E-state index is 0.206. The maximum absolute atomic E-state index is 13.8. The SMILES string of the molecule is COc1ccc(-c2ccoc2C2=C3CCCCCNC(S(=O)(=O)c4cccc(C)c4)C(=C2)C3=O)cc1. The van der Waals surface area contributed by atoms with E-state index in [1.54, 1.807) is 37.6 Å². The Morgan fingerprint density at radius 1 is 1.03 bits per heavy atom. The number of furan rings is 1. The summed E-state index contributed by atoms with van der Waals surface area (Å²) in [6.07, 6.45) is 6.48. The Morgan fingerprint density at radius 2 is 1.83 bits per heavy atom. The fraction of sp³-hybridized carbons (Fsp3) is 0.276. The molecule has 186 valence electrons. The molecule has 36 heavy (non-hydrogen) atoms. The summed E-state index contributed by atoms with van der Waals surface area (Å²) in [4.78, 5) is 13.9. The summed E-state index contributed by atoms with van der Waals surface area (Å²) in [6, 6.07) is 16.3. The number of allylic oxidation sites excluding steroid dienone is 3. The number of hydrogen-bond donors (Lipinski definition) is 1. The largest absolute Gasteiger partial charge is 0.497 e. The Balaban J connectivity index is 1.61. The second-order valence-corrected chi connectivity index (χ2v) is 11.3. The number of carbonyl (C=O) groups is 1. The Kier molecular flexibility index (Phi) is 6.69. The third kappa shape index (κ3) is 4.45. The van der Waals surface area contributed by atoms with Gasteiger partial charge in [-0.2, -0.15) is 0 Å². The minimum Gasteiger partial charge on any atom is -0.497 e. The molecular formula is C29H29NO5S. The molecule has 1 atom stereocenters. The predicted octanol–water partition coefficient (Wildman–Crippen LogP) is 5.49. The van der Waals surface area contributed by atoms with Gasteiger partial charge in [-0.05, 0) is 80.3 Å². The Labute approximate surface area is 211 Å². The van der Waals surface area contributed by atoms with Crippen LogP contribution in [-0.2, 0) is 14.6 Å². The Morgan fingerprint density at radius 3 is 2.58 bits per heavy atom. The molecule has 3 aromatic rings. The van der Waals surface area contributed by atoms with E-state index in [0.717, 1.165) is 41.7 Å². The molecular weight excluding hydrogens is 474 g/mol. The highest BCUT2D eigenvalue weighted by molar-refractivity contribution is 7.92. The second kappa shape index (κ2) is 9.91. The number of carbonyl (C=O) groups excluding carboxylic acids is 1. The molecule has 1 unspecified atom stereocenters. The topological polar surface area (TPSA) is 85.6 Å². The summed E-state index contributed by atoms with van der Waals surface area (Å²) in [6.45, 7) is 2.37. The summed E-state index contributed by atoms with van der Waals surface area (Å²) in [5.74, 6) is 1.10. The van der Waals surface area contributed by atoms with Crippen LogP contribution in [0.25, 0.3) is 16.7 Å². The van der Waals surface area contributed by atoms with Gasteiger partial charge in [0.15, 0.2) is 15.6 Å². The second-order valence-electron chi connectivity index (χ2n) is 9.22. The first kappa shape index (κ1) is 24.3. The molecule has 0 spiro atoms. The highest BCUT2D eigenvalue weighted by atomic mass is 32.2. The van der Waals surface area contributed by atoms with Crippen LogP contribution in [0.3, 0.4) is 0 Å². The van der Waals surface area contributed by atoms with E-state index in [4.69, 9.17) is 9.15 Å². The number of methoxy groups -OCH3 is 1. The van der Waals surface area contributed by atoms with E-state index in [1.807, 2.05) is 43.3 Å². The predicted molar refractivity (Wildman–Crippen MR) is 139 cm³/mol. The molecule has 1 saturated heterocycles. The molecule has 6 nitrogen and oxygen atoms in total. The molecule has 0 radical (unpaired) electrons. The first-order chi connectivity index (χ1) is 17.4. The molecule has 2 aromatic carbocycles. The lowest BCUT2D eigenvalue weighted by molar-refractivity contribution is -0.112. The van der Waals surface area contributed by atoms with Crippen molar-refractivity contribution in [3.05, 3.63) is 89.4 Å². The van der Waals surface area contributed by atoms with Crippen molar-refractivity contribution < 1.29 is 22.4 Å².